The molecule has 9 N–H and O–H groups in total. The zero-order chi connectivity index (χ0) is 31.6. The van der Waals surface area contributed by atoms with Crippen LogP contribution < -0.4 is 16.0 Å². The minimum Gasteiger partial charge on any atom is -0.479 e. The van der Waals surface area contributed by atoms with E-state index < -0.39 is 116 Å². The Bertz CT molecular complexity index is 1000. The van der Waals surface area contributed by atoms with Crippen molar-refractivity contribution in [2.75, 3.05) is 0 Å². The van der Waals surface area contributed by atoms with Crippen molar-refractivity contribution in [1.82, 2.24) is 16.0 Å². The number of carboxylic acid groups (broad SMARTS) is 1. The van der Waals surface area contributed by atoms with Gasteiger partial charge in [-0.3, -0.25) is 14.4 Å². The van der Waals surface area contributed by atoms with Gasteiger partial charge >= 0.3 is 5.97 Å². The second-order valence-electron chi connectivity index (χ2n) is 10.5. The highest BCUT2D eigenvalue weighted by Crippen LogP contribution is 2.32. The molecule has 0 bridgehead atoms. The first kappa shape index (κ1) is 34.0. The van der Waals surface area contributed by atoms with Gasteiger partial charge in [-0.1, -0.05) is 0 Å². The minimum absolute atomic E-state index is 0.573. The Morgan fingerprint density at radius 1 is 0.595 bits per heavy atom. The van der Waals surface area contributed by atoms with Crippen LogP contribution in [0.3, 0.4) is 0 Å². The second-order valence-corrected chi connectivity index (χ2v) is 10.5. The number of aliphatic carboxylic acids is 1. The fraction of sp³-hybridized carbons (Fsp3) is 0.833. The van der Waals surface area contributed by atoms with Gasteiger partial charge in [0.1, 0.15) is 54.7 Å². The van der Waals surface area contributed by atoms with Gasteiger partial charge in [0.2, 0.25) is 17.7 Å². The number of hydrogen-bond acceptors (Lipinski definition) is 14. The Labute approximate surface area is 240 Å². The summed E-state index contributed by atoms with van der Waals surface area (Å²) in [6.07, 6.45) is -18.4. The van der Waals surface area contributed by atoms with Crippen molar-refractivity contribution in [3.8, 4) is 0 Å². The van der Waals surface area contributed by atoms with Gasteiger partial charge in [-0.15, -0.1) is 0 Å². The molecule has 0 radical (unpaired) electrons. The van der Waals surface area contributed by atoms with Crippen LogP contribution in [0.5, 0.6) is 0 Å². The highest BCUT2D eigenvalue weighted by molar-refractivity contribution is 5.75. The molecule has 3 heterocycles. The smallest absolute Gasteiger partial charge is 0.335 e. The Kier molecular flexibility index (Phi) is 11.2. The molecule has 0 aromatic carbocycles. The number of aliphatic hydroxyl groups is 5. The van der Waals surface area contributed by atoms with E-state index in [2.05, 4.69) is 16.0 Å². The van der Waals surface area contributed by atoms with Crippen molar-refractivity contribution in [2.45, 2.75) is 127 Å². The van der Waals surface area contributed by atoms with E-state index in [4.69, 9.17) is 23.7 Å². The van der Waals surface area contributed by atoms with Crippen LogP contribution in [0, 0.1) is 0 Å². The van der Waals surface area contributed by atoms with Gasteiger partial charge in [-0.25, -0.2) is 4.79 Å². The molecule has 0 spiro atoms. The fourth-order valence-corrected chi connectivity index (χ4v) is 5.17. The van der Waals surface area contributed by atoms with E-state index in [1.807, 2.05) is 0 Å². The number of aliphatic hydroxyl groups excluding tert-OH is 5. The molecule has 18 nitrogen and oxygen atoms in total. The molecule has 0 saturated carbocycles. The molecule has 0 aromatic rings. The minimum atomic E-state index is -1.96. The summed E-state index contributed by atoms with van der Waals surface area (Å²) in [7, 11) is 0. The maximum Gasteiger partial charge on any atom is 0.335 e. The monoisotopic (exact) mass is 609 g/mol. The molecule has 3 fully saturated rings. The predicted octanol–water partition coefficient (Wildman–Crippen LogP) is -4.99. The Morgan fingerprint density at radius 3 is 1.60 bits per heavy atom. The standard InChI is InChI=1S/C24H39N3O15/c1-6-14(31)19(13(22(37)38-6)27-10(5)30)41-23-12(26-9(4)29)16(33)18(7(2)39-23)40-24-11(25-8(3)28)15(32)17(34)20(42-24)21(35)36/h6-7,11-20,22-24,31-34,37H,1-5H3,(H,25,28)(H,26,29)(H,27,30)(H,35,36)/t6-,7-,11-,12-,13-,14+,15+,16-,17-,18+,19-,20-,22-,23-,24+/m0/s1. The zero-order valence-corrected chi connectivity index (χ0v) is 23.5. The van der Waals surface area contributed by atoms with Crippen molar-refractivity contribution >= 4 is 23.7 Å². The van der Waals surface area contributed by atoms with Gasteiger partial charge in [0.05, 0.1) is 12.2 Å². The van der Waals surface area contributed by atoms with E-state index in [1.54, 1.807) is 0 Å². The Morgan fingerprint density at radius 2 is 1.07 bits per heavy atom. The maximum absolute atomic E-state index is 12.1. The third-order valence-electron chi connectivity index (χ3n) is 7.18. The van der Waals surface area contributed by atoms with Crippen molar-refractivity contribution in [2.24, 2.45) is 0 Å². The first-order chi connectivity index (χ1) is 19.5. The predicted molar refractivity (Wildman–Crippen MR) is 134 cm³/mol. The third-order valence-corrected chi connectivity index (χ3v) is 7.18. The summed E-state index contributed by atoms with van der Waals surface area (Å²) in [4.78, 5) is 47.2. The Hall–Kier alpha value is -2.52. The van der Waals surface area contributed by atoms with Gasteiger partial charge < -0.3 is 70.3 Å². The van der Waals surface area contributed by atoms with Gasteiger partial charge in [-0.2, -0.15) is 0 Å². The van der Waals surface area contributed by atoms with Crippen molar-refractivity contribution in [3.63, 3.8) is 0 Å². The molecular formula is C24H39N3O15. The van der Waals surface area contributed by atoms with Crippen molar-refractivity contribution in [1.29, 1.82) is 0 Å². The summed E-state index contributed by atoms with van der Waals surface area (Å²) in [6.45, 7) is 6.29. The van der Waals surface area contributed by atoms with E-state index in [9.17, 15) is 49.8 Å². The van der Waals surface area contributed by atoms with Crippen LogP contribution in [-0.4, -0.2) is 146 Å². The molecule has 240 valence electrons. The van der Waals surface area contributed by atoms with Gasteiger partial charge in [0, 0.05) is 20.8 Å². The van der Waals surface area contributed by atoms with Gasteiger partial charge in [-0.05, 0) is 13.8 Å². The van der Waals surface area contributed by atoms with Crippen molar-refractivity contribution < 1.29 is 73.5 Å². The SMILES string of the molecule is CC(=O)N[C@@H]1[C@H](O[C@H]2[C@@H](O)[C@H](NC(C)=O)[C@H](O[C@@H]3[C@H](O)[C@H](C)O[C@H](O)[C@H]3NC(C)=O)O[C@H]2C)O[C@H](C(=O)O)[C@@H](O)[C@@H]1O. The molecule has 0 unspecified atom stereocenters. The number of rotatable bonds is 8. The number of carbonyl (C=O) groups is 4. The first-order valence-corrected chi connectivity index (χ1v) is 13.2. The lowest BCUT2D eigenvalue weighted by atomic mass is 9.94. The van der Waals surface area contributed by atoms with Crippen LogP contribution in [0.2, 0.25) is 0 Å². The summed E-state index contributed by atoms with van der Waals surface area (Å²) in [6, 6.07) is -4.15. The zero-order valence-electron chi connectivity index (χ0n) is 23.5. The fourth-order valence-electron chi connectivity index (χ4n) is 5.17. The Balaban J connectivity index is 1.88. The molecule has 42 heavy (non-hydrogen) atoms. The molecule has 3 saturated heterocycles. The average Bonchev–Trinajstić information content (AvgIpc) is 2.87. The summed E-state index contributed by atoms with van der Waals surface area (Å²) < 4.78 is 28.3. The lowest BCUT2D eigenvalue weighted by molar-refractivity contribution is -0.341. The number of nitrogens with one attached hydrogen (secondary N) is 3. The van der Waals surface area contributed by atoms with E-state index in [0.717, 1.165) is 13.8 Å². The molecule has 15 atom stereocenters. The molecule has 18 heteroatoms. The molecule has 0 aliphatic carbocycles. The van der Waals surface area contributed by atoms with Crippen LogP contribution >= 0.6 is 0 Å². The average molecular weight is 610 g/mol. The molecule has 3 rings (SSSR count). The van der Waals surface area contributed by atoms with Crippen LogP contribution in [0.15, 0.2) is 0 Å². The largest absolute Gasteiger partial charge is 0.479 e. The van der Waals surface area contributed by atoms with Crippen LogP contribution in [0.4, 0.5) is 0 Å². The summed E-state index contributed by atoms with van der Waals surface area (Å²) in [5.41, 5.74) is 0. The van der Waals surface area contributed by atoms with E-state index in [1.165, 1.54) is 20.8 Å². The quantitative estimate of drug-likeness (QED) is 0.125. The van der Waals surface area contributed by atoms with E-state index in [-0.39, 0.29) is 0 Å². The normalized spacial score (nSPS) is 44.1. The van der Waals surface area contributed by atoms with Crippen molar-refractivity contribution in [3.05, 3.63) is 0 Å². The van der Waals surface area contributed by atoms with Gasteiger partial charge in [0.15, 0.2) is 25.0 Å². The number of amides is 3. The first-order valence-electron chi connectivity index (χ1n) is 13.2. The van der Waals surface area contributed by atoms with Gasteiger partial charge in [0.25, 0.3) is 0 Å². The van der Waals surface area contributed by atoms with E-state index >= 15 is 0 Å². The van der Waals surface area contributed by atoms with Crippen LogP contribution in [0.1, 0.15) is 34.6 Å². The molecule has 3 amide bonds. The summed E-state index contributed by atoms with van der Waals surface area (Å²) >= 11 is 0. The second kappa shape index (κ2) is 13.8. The number of carboxylic acids is 1. The molecule has 0 aromatic heterocycles. The third kappa shape index (κ3) is 7.51. The van der Waals surface area contributed by atoms with Crippen LogP contribution in [-0.2, 0) is 42.9 Å². The lowest BCUT2D eigenvalue weighted by Gasteiger charge is -2.49. The number of hydrogen-bond donors (Lipinski definition) is 9. The highest BCUT2D eigenvalue weighted by atomic mass is 16.7. The topological polar surface area (TPSA) is 272 Å². The molecule has 3 aliphatic heterocycles. The van der Waals surface area contributed by atoms with E-state index in [0.29, 0.717) is 0 Å². The number of carbonyl (C=O) groups excluding carboxylic acids is 3. The lowest BCUT2D eigenvalue weighted by Crippen LogP contribution is -2.70. The van der Waals surface area contributed by atoms with Crippen LogP contribution in [0.25, 0.3) is 0 Å². The highest BCUT2D eigenvalue weighted by Gasteiger charge is 2.54. The summed E-state index contributed by atoms with van der Waals surface area (Å²) in [5.74, 6) is -3.51. The summed E-state index contributed by atoms with van der Waals surface area (Å²) in [5, 5.41) is 69.9. The molecule has 3 aliphatic rings. The maximum atomic E-state index is 12.1. The molecular weight excluding hydrogens is 570 g/mol. The number of ether oxygens (including phenoxy) is 5.